The van der Waals surface area contributed by atoms with Gasteiger partial charge in [-0.25, -0.2) is 0 Å². The van der Waals surface area contributed by atoms with Crippen molar-refractivity contribution in [1.82, 2.24) is 5.32 Å². The normalized spacial score (nSPS) is 42.0. The van der Waals surface area contributed by atoms with E-state index in [1.54, 1.807) is 0 Å². The van der Waals surface area contributed by atoms with Crippen molar-refractivity contribution in [2.75, 3.05) is 12.3 Å². The molecular formula is C18H33NOS. The molecule has 0 radical (unpaired) electrons. The molecule has 3 unspecified atom stereocenters. The van der Waals surface area contributed by atoms with Gasteiger partial charge in [0.1, 0.15) is 0 Å². The maximum Gasteiger partial charge on any atom is 0.0396 e. The molecule has 0 heterocycles. The largest absolute Gasteiger partial charge is 0.313 e. The number of rotatable bonds is 7. The summed E-state index contributed by atoms with van der Waals surface area (Å²) < 4.78 is 12.6. The molecule has 4 rings (SSSR count). The molecule has 0 aliphatic heterocycles. The van der Waals surface area contributed by atoms with Crippen LogP contribution in [0.4, 0.5) is 0 Å². The minimum absolute atomic E-state index is 0.347. The molecule has 4 aliphatic rings. The van der Waals surface area contributed by atoms with Gasteiger partial charge in [0.15, 0.2) is 0 Å². The van der Waals surface area contributed by atoms with Crippen molar-refractivity contribution in [2.45, 2.75) is 77.0 Å². The molecule has 0 aromatic heterocycles. The van der Waals surface area contributed by atoms with Gasteiger partial charge in [0.2, 0.25) is 0 Å². The lowest BCUT2D eigenvalue weighted by Gasteiger charge is -2.59. The zero-order valence-corrected chi connectivity index (χ0v) is 14.9. The third-order valence-corrected chi connectivity index (χ3v) is 8.52. The first-order valence-corrected chi connectivity index (χ1v) is 10.5. The van der Waals surface area contributed by atoms with Crippen LogP contribution in [0.5, 0.6) is 0 Å². The van der Waals surface area contributed by atoms with Crippen LogP contribution in [-0.2, 0) is 10.8 Å². The molecule has 3 heteroatoms. The van der Waals surface area contributed by atoms with Gasteiger partial charge < -0.3 is 5.32 Å². The Morgan fingerprint density at radius 1 is 1.10 bits per heavy atom. The van der Waals surface area contributed by atoms with Crippen LogP contribution in [0.3, 0.4) is 0 Å². The van der Waals surface area contributed by atoms with Crippen LogP contribution < -0.4 is 5.32 Å². The second kappa shape index (κ2) is 6.31. The third-order valence-electron chi connectivity index (χ3n) is 6.63. The van der Waals surface area contributed by atoms with Gasteiger partial charge in [-0.15, -0.1) is 0 Å². The first kappa shape index (κ1) is 16.0. The Labute approximate surface area is 133 Å². The fourth-order valence-electron chi connectivity index (χ4n) is 5.82. The molecule has 0 aromatic rings. The zero-order chi connectivity index (χ0) is 15.0. The molecule has 4 aliphatic carbocycles. The van der Waals surface area contributed by atoms with Crippen molar-refractivity contribution in [1.29, 1.82) is 0 Å². The second-order valence-electron chi connectivity index (χ2n) is 8.16. The summed E-state index contributed by atoms with van der Waals surface area (Å²) in [6.45, 7) is 7.54. The van der Waals surface area contributed by atoms with Crippen LogP contribution in [0.1, 0.15) is 65.7 Å². The molecule has 0 aromatic carbocycles. The number of nitrogens with one attached hydrogen (secondary N) is 1. The Morgan fingerprint density at radius 3 is 2.05 bits per heavy atom. The molecule has 4 fully saturated rings. The summed E-state index contributed by atoms with van der Waals surface area (Å²) in [7, 11) is -0.672. The predicted octanol–water partition coefficient (Wildman–Crippen LogP) is 3.73. The molecule has 4 saturated carbocycles. The molecule has 1 N–H and O–H groups in total. The van der Waals surface area contributed by atoms with Gasteiger partial charge in [-0.3, -0.25) is 4.21 Å². The van der Waals surface area contributed by atoms with Gasteiger partial charge >= 0.3 is 0 Å². The topological polar surface area (TPSA) is 29.1 Å². The van der Waals surface area contributed by atoms with Gasteiger partial charge in [-0.05, 0) is 74.7 Å². The van der Waals surface area contributed by atoms with Crippen LogP contribution >= 0.6 is 0 Å². The van der Waals surface area contributed by atoms with Crippen molar-refractivity contribution < 1.29 is 4.21 Å². The van der Waals surface area contributed by atoms with E-state index in [4.69, 9.17) is 0 Å². The van der Waals surface area contributed by atoms with E-state index in [-0.39, 0.29) is 0 Å². The van der Waals surface area contributed by atoms with Crippen LogP contribution in [0.15, 0.2) is 0 Å². The maximum atomic E-state index is 12.6. The first-order chi connectivity index (χ1) is 10.1. The highest BCUT2D eigenvalue weighted by molar-refractivity contribution is 7.85. The molecule has 122 valence electrons. The summed E-state index contributed by atoms with van der Waals surface area (Å²) in [6, 6.07) is 0.491. The highest BCUT2D eigenvalue weighted by Crippen LogP contribution is 2.61. The van der Waals surface area contributed by atoms with E-state index >= 15 is 0 Å². The Bertz CT molecular complexity index is 359. The zero-order valence-electron chi connectivity index (χ0n) is 14.1. The van der Waals surface area contributed by atoms with E-state index in [9.17, 15) is 4.21 Å². The highest BCUT2D eigenvalue weighted by Gasteiger charge is 2.54. The Balaban J connectivity index is 1.75. The number of hydrogen-bond acceptors (Lipinski definition) is 2. The second-order valence-corrected chi connectivity index (χ2v) is 10.1. The van der Waals surface area contributed by atoms with Crippen LogP contribution in [0, 0.1) is 23.2 Å². The fourth-order valence-corrected chi connectivity index (χ4v) is 7.32. The lowest BCUT2D eigenvalue weighted by atomic mass is 9.48. The summed E-state index contributed by atoms with van der Waals surface area (Å²) >= 11 is 0. The Kier molecular flexibility index (Phi) is 4.80. The van der Waals surface area contributed by atoms with E-state index in [0.717, 1.165) is 36.5 Å². The van der Waals surface area contributed by atoms with Crippen LogP contribution in [0.2, 0.25) is 0 Å². The van der Waals surface area contributed by atoms with Gasteiger partial charge in [-0.1, -0.05) is 20.8 Å². The standard InChI is InChI=1S/C18H33NOS/c1-4-13(3)21(20)12-17(19-5-2)18-9-14-6-15(10-18)8-16(7-14)11-18/h13-17,19H,4-12H2,1-3H3. The molecule has 0 amide bonds. The van der Waals surface area contributed by atoms with E-state index in [1.807, 2.05) is 0 Å². The van der Waals surface area contributed by atoms with E-state index in [1.165, 1.54) is 38.5 Å². The SMILES string of the molecule is CCNC(CS(=O)C(C)CC)C12CC3CC(CC(C3)C1)C2. The quantitative estimate of drug-likeness (QED) is 0.776. The minimum Gasteiger partial charge on any atom is -0.313 e. The van der Waals surface area contributed by atoms with Crippen molar-refractivity contribution in [3.8, 4) is 0 Å². The van der Waals surface area contributed by atoms with Crippen LogP contribution in [0.25, 0.3) is 0 Å². The minimum atomic E-state index is -0.672. The van der Waals surface area contributed by atoms with Crippen molar-refractivity contribution >= 4 is 10.8 Å². The predicted molar refractivity (Wildman–Crippen MR) is 90.8 cm³/mol. The number of hydrogen-bond donors (Lipinski definition) is 1. The Morgan fingerprint density at radius 2 is 1.62 bits per heavy atom. The van der Waals surface area contributed by atoms with E-state index in [0.29, 0.717) is 16.7 Å². The van der Waals surface area contributed by atoms with Crippen molar-refractivity contribution in [3.05, 3.63) is 0 Å². The lowest BCUT2D eigenvalue weighted by Crippen LogP contribution is -2.57. The van der Waals surface area contributed by atoms with E-state index < -0.39 is 10.8 Å². The summed E-state index contributed by atoms with van der Waals surface area (Å²) in [5, 5.41) is 4.10. The lowest BCUT2D eigenvalue weighted by molar-refractivity contribution is -0.0693. The van der Waals surface area contributed by atoms with Gasteiger partial charge in [0.05, 0.1) is 0 Å². The maximum absolute atomic E-state index is 12.6. The monoisotopic (exact) mass is 311 g/mol. The molecule has 4 bridgehead atoms. The Hall–Kier alpha value is 0.110. The van der Waals surface area contributed by atoms with Crippen molar-refractivity contribution in [3.63, 3.8) is 0 Å². The van der Waals surface area contributed by atoms with Gasteiger partial charge in [0, 0.05) is 27.8 Å². The average Bonchev–Trinajstić information content (AvgIpc) is 2.44. The molecular weight excluding hydrogens is 278 g/mol. The summed E-state index contributed by atoms with van der Waals surface area (Å²) in [6.07, 6.45) is 9.75. The first-order valence-electron chi connectivity index (χ1n) is 9.16. The molecule has 3 atom stereocenters. The average molecular weight is 312 g/mol. The van der Waals surface area contributed by atoms with Gasteiger partial charge in [0.25, 0.3) is 0 Å². The summed E-state index contributed by atoms with van der Waals surface area (Å²) in [4.78, 5) is 0. The fraction of sp³-hybridized carbons (Fsp3) is 1.00. The van der Waals surface area contributed by atoms with Crippen LogP contribution in [-0.4, -0.2) is 27.8 Å². The molecule has 21 heavy (non-hydrogen) atoms. The third kappa shape index (κ3) is 3.10. The molecule has 0 spiro atoms. The smallest absolute Gasteiger partial charge is 0.0396 e. The molecule has 0 saturated heterocycles. The van der Waals surface area contributed by atoms with Gasteiger partial charge in [-0.2, -0.15) is 0 Å². The van der Waals surface area contributed by atoms with E-state index in [2.05, 4.69) is 26.1 Å². The highest BCUT2D eigenvalue weighted by atomic mass is 32.2. The summed E-state index contributed by atoms with van der Waals surface area (Å²) in [5.41, 5.74) is 0.480. The van der Waals surface area contributed by atoms with Crippen molar-refractivity contribution in [2.24, 2.45) is 23.2 Å². The summed E-state index contributed by atoms with van der Waals surface area (Å²) in [5.74, 6) is 3.83. The molecule has 2 nitrogen and oxygen atoms in total.